The Hall–Kier alpha value is -1.06. The van der Waals surface area contributed by atoms with Crippen molar-refractivity contribution in [3.8, 4) is 5.75 Å². The molecule has 134 valence electrons. The molecule has 1 aromatic carbocycles. The Bertz CT molecular complexity index is 640. The van der Waals surface area contributed by atoms with Crippen LogP contribution >= 0.6 is 0 Å². The third-order valence-corrected chi connectivity index (χ3v) is 7.36. The molecule has 0 aromatic heterocycles. The number of ether oxygens (including phenoxy) is 1. The van der Waals surface area contributed by atoms with Crippen molar-refractivity contribution in [1.82, 2.24) is 0 Å². The highest BCUT2D eigenvalue weighted by molar-refractivity contribution is 5.55. The summed E-state index contributed by atoms with van der Waals surface area (Å²) in [5.74, 6) is 1.31. The van der Waals surface area contributed by atoms with Gasteiger partial charge in [-0.2, -0.15) is 0 Å². The second-order valence-corrected chi connectivity index (χ2v) is 8.33. The van der Waals surface area contributed by atoms with Crippen LogP contribution in [0, 0.1) is 18.3 Å². The predicted octanol–water partition coefficient (Wildman–Crippen LogP) is 3.76. The Kier molecular flexibility index (Phi) is 4.25. The van der Waals surface area contributed by atoms with Gasteiger partial charge in [-0.05, 0) is 66.7 Å². The molecule has 4 rings (SSSR count). The van der Waals surface area contributed by atoms with E-state index in [-0.39, 0.29) is 10.8 Å². The molecule has 3 aliphatic carbocycles. The maximum Gasteiger partial charge on any atom is 0.122 e. The number of benzene rings is 1. The summed E-state index contributed by atoms with van der Waals surface area (Å²) in [5.41, 5.74) is 3.64. The number of aliphatic hydroxyl groups excluding tert-OH is 1. The minimum atomic E-state index is -0.541. The fourth-order valence-corrected chi connectivity index (χ4v) is 6.66. The van der Waals surface area contributed by atoms with Gasteiger partial charge in [0.15, 0.2) is 0 Å². The third-order valence-electron chi connectivity index (χ3n) is 7.36. The standard InChI is InChI=1S/C20H28O2.CH4O/c1-13-11-15-7-8-16(22-4)14(2)17(15)19-10-6-5-9-18(3,12-19)20(13,19)21;1-2/h7-8,13,21H,5-6,9-12H2,1-4H3;2H,1H3. The molecule has 4 atom stereocenters. The van der Waals surface area contributed by atoms with Crippen molar-refractivity contribution in [2.24, 2.45) is 11.3 Å². The Morgan fingerprint density at radius 3 is 2.50 bits per heavy atom. The summed E-state index contributed by atoms with van der Waals surface area (Å²) < 4.78 is 5.59. The van der Waals surface area contributed by atoms with E-state index in [4.69, 9.17) is 9.84 Å². The minimum Gasteiger partial charge on any atom is -0.496 e. The molecule has 2 N–H and O–H groups in total. The zero-order valence-electron chi connectivity index (χ0n) is 15.8. The largest absolute Gasteiger partial charge is 0.496 e. The van der Waals surface area contributed by atoms with Gasteiger partial charge in [0.2, 0.25) is 0 Å². The maximum atomic E-state index is 11.9. The molecule has 2 fully saturated rings. The number of rotatable bonds is 1. The Morgan fingerprint density at radius 1 is 1.17 bits per heavy atom. The molecule has 2 saturated carbocycles. The average molecular weight is 332 g/mol. The first-order valence-corrected chi connectivity index (χ1v) is 9.24. The summed E-state index contributed by atoms with van der Waals surface area (Å²) in [6, 6.07) is 4.35. The average Bonchev–Trinajstić information content (AvgIpc) is 2.82. The van der Waals surface area contributed by atoms with Gasteiger partial charge in [-0.15, -0.1) is 0 Å². The number of methoxy groups -OCH3 is 1. The Balaban J connectivity index is 0.000000815. The van der Waals surface area contributed by atoms with Gasteiger partial charge in [-0.3, -0.25) is 0 Å². The van der Waals surface area contributed by atoms with E-state index in [0.717, 1.165) is 32.1 Å². The van der Waals surface area contributed by atoms with E-state index in [9.17, 15) is 5.11 Å². The summed E-state index contributed by atoms with van der Waals surface area (Å²) in [4.78, 5) is 0. The fraction of sp³-hybridized carbons (Fsp3) is 0.714. The molecule has 3 aliphatic rings. The van der Waals surface area contributed by atoms with Crippen LogP contribution in [-0.4, -0.2) is 30.0 Å². The van der Waals surface area contributed by atoms with Crippen molar-refractivity contribution in [1.29, 1.82) is 0 Å². The van der Waals surface area contributed by atoms with Crippen molar-refractivity contribution in [2.45, 2.75) is 70.3 Å². The van der Waals surface area contributed by atoms with Crippen molar-refractivity contribution < 1.29 is 14.9 Å². The molecule has 4 unspecified atom stereocenters. The second kappa shape index (κ2) is 5.74. The normalized spacial score (nSPS) is 39.4. The van der Waals surface area contributed by atoms with Gasteiger partial charge < -0.3 is 14.9 Å². The number of hydrogen-bond acceptors (Lipinski definition) is 3. The molecule has 1 spiro atoms. The first-order chi connectivity index (χ1) is 11.4. The lowest BCUT2D eigenvalue weighted by Gasteiger charge is -2.72. The lowest BCUT2D eigenvalue weighted by molar-refractivity contribution is -0.260. The van der Waals surface area contributed by atoms with Crippen LogP contribution in [0.1, 0.15) is 62.6 Å². The quantitative estimate of drug-likeness (QED) is 0.823. The highest BCUT2D eigenvalue weighted by Gasteiger charge is 2.75. The molecule has 0 amide bonds. The van der Waals surface area contributed by atoms with Gasteiger partial charge in [0.05, 0.1) is 12.7 Å². The van der Waals surface area contributed by atoms with E-state index in [1.165, 1.54) is 36.0 Å². The van der Waals surface area contributed by atoms with E-state index in [2.05, 4.69) is 32.9 Å². The molecule has 0 radical (unpaired) electrons. The monoisotopic (exact) mass is 332 g/mol. The smallest absolute Gasteiger partial charge is 0.122 e. The van der Waals surface area contributed by atoms with Crippen molar-refractivity contribution >= 4 is 0 Å². The lowest BCUT2D eigenvalue weighted by atomic mass is 9.34. The van der Waals surface area contributed by atoms with Gasteiger partial charge in [0.1, 0.15) is 5.75 Å². The molecule has 2 bridgehead atoms. The van der Waals surface area contributed by atoms with E-state index in [1.807, 2.05) is 0 Å². The maximum absolute atomic E-state index is 11.9. The van der Waals surface area contributed by atoms with Crippen molar-refractivity contribution in [2.75, 3.05) is 14.2 Å². The molecule has 0 saturated heterocycles. The van der Waals surface area contributed by atoms with E-state index < -0.39 is 5.60 Å². The van der Waals surface area contributed by atoms with Crippen LogP contribution in [0.2, 0.25) is 0 Å². The highest BCUT2D eigenvalue weighted by atomic mass is 16.5. The van der Waals surface area contributed by atoms with Gasteiger partial charge >= 0.3 is 0 Å². The highest BCUT2D eigenvalue weighted by Crippen LogP contribution is 2.73. The second-order valence-electron chi connectivity index (χ2n) is 8.33. The molecular formula is C21H32O3. The molecule has 3 heteroatoms. The Labute approximate surface area is 146 Å². The summed E-state index contributed by atoms with van der Waals surface area (Å²) in [7, 11) is 2.75. The molecule has 0 aliphatic heterocycles. The first kappa shape index (κ1) is 17.8. The summed E-state index contributed by atoms with van der Waals surface area (Å²) >= 11 is 0. The van der Waals surface area contributed by atoms with Crippen LogP contribution < -0.4 is 4.74 Å². The lowest BCUT2D eigenvalue weighted by Crippen LogP contribution is -2.76. The van der Waals surface area contributed by atoms with Gasteiger partial charge in [-0.1, -0.05) is 32.8 Å². The fourth-order valence-electron chi connectivity index (χ4n) is 6.66. The van der Waals surface area contributed by atoms with Gasteiger partial charge in [-0.25, -0.2) is 0 Å². The topological polar surface area (TPSA) is 49.7 Å². The summed E-state index contributed by atoms with van der Waals surface area (Å²) in [5, 5.41) is 18.9. The third kappa shape index (κ3) is 1.86. The molecular weight excluding hydrogens is 300 g/mol. The SMILES string of the molecule is CO.COc1ccc2c(c1C)C13CCCCC(C)(C1)C3(O)C(C)C2. The molecule has 1 aromatic rings. The van der Waals surface area contributed by atoms with Crippen LogP contribution in [0.25, 0.3) is 0 Å². The van der Waals surface area contributed by atoms with Gasteiger partial charge in [0.25, 0.3) is 0 Å². The Morgan fingerprint density at radius 2 is 1.83 bits per heavy atom. The van der Waals surface area contributed by atoms with Crippen molar-refractivity contribution in [3.63, 3.8) is 0 Å². The van der Waals surface area contributed by atoms with Crippen LogP contribution in [0.4, 0.5) is 0 Å². The van der Waals surface area contributed by atoms with E-state index in [1.54, 1.807) is 7.11 Å². The van der Waals surface area contributed by atoms with Crippen molar-refractivity contribution in [3.05, 3.63) is 28.8 Å². The van der Waals surface area contributed by atoms with Crippen LogP contribution in [0.15, 0.2) is 12.1 Å². The van der Waals surface area contributed by atoms with E-state index in [0.29, 0.717) is 5.92 Å². The van der Waals surface area contributed by atoms with Crippen LogP contribution in [0.5, 0.6) is 5.75 Å². The zero-order chi connectivity index (χ0) is 17.8. The number of aliphatic hydroxyl groups is 2. The van der Waals surface area contributed by atoms with Crippen LogP contribution in [0.3, 0.4) is 0 Å². The summed E-state index contributed by atoms with van der Waals surface area (Å²) in [6.07, 6.45) is 6.93. The predicted molar refractivity (Wildman–Crippen MR) is 96.6 cm³/mol. The molecule has 0 heterocycles. The summed E-state index contributed by atoms with van der Waals surface area (Å²) in [6.45, 7) is 6.77. The minimum absolute atomic E-state index is 0.0378. The molecule has 3 nitrogen and oxygen atoms in total. The van der Waals surface area contributed by atoms with Gasteiger partial charge in [0, 0.05) is 12.5 Å². The zero-order valence-corrected chi connectivity index (χ0v) is 15.8. The first-order valence-electron chi connectivity index (χ1n) is 9.24. The number of fused-ring (bicyclic) bond motifs is 3. The van der Waals surface area contributed by atoms with E-state index >= 15 is 0 Å². The molecule has 24 heavy (non-hydrogen) atoms. The number of hydrogen-bond donors (Lipinski definition) is 2. The van der Waals surface area contributed by atoms with Crippen LogP contribution in [-0.2, 0) is 11.8 Å².